The van der Waals surface area contributed by atoms with Crippen LogP contribution in [0.2, 0.25) is 0 Å². The SMILES string of the molecule is COc1cc(/C=C/C(=O)CC(=O)/C=C/c2ccc(OC(=O)O)c(OC)c2)ccc1O. The molecule has 0 radical (unpaired) electrons. The van der Waals surface area contributed by atoms with Crippen molar-refractivity contribution in [1.82, 2.24) is 0 Å². The van der Waals surface area contributed by atoms with Crippen LogP contribution in [-0.2, 0) is 9.59 Å². The zero-order valence-corrected chi connectivity index (χ0v) is 16.3. The predicted octanol–water partition coefficient (Wildman–Crippen LogP) is 3.72. The molecule has 2 N–H and O–H groups in total. The number of ketones is 2. The first-order valence-corrected chi connectivity index (χ1v) is 8.70. The summed E-state index contributed by atoms with van der Waals surface area (Å²) in [5.41, 5.74) is 1.20. The molecule has 0 saturated carbocycles. The standard InChI is InChI=1S/C22H20O8/c1-28-20-11-14(5-9-18(20)25)3-7-16(23)13-17(24)8-4-15-6-10-19(30-22(26)27)21(12-15)29-2/h3-12,25H,13H2,1-2H3,(H,26,27)/b7-3+,8-4+. The molecule has 0 amide bonds. The molecule has 0 atom stereocenters. The lowest BCUT2D eigenvalue weighted by Gasteiger charge is -2.07. The molecule has 2 aromatic rings. The third kappa shape index (κ3) is 6.52. The molecule has 0 aliphatic rings. The van der Waals surface area contributed by atoms with Crippen molar-refractivity contribution in [3.63, 3.8) is 0 Å². The van der Waals surface area contributed by atoms with Gasteiger partial charge in [-0.3, -0.25) is 9.59 Å². The van der Waals surface area contributed by atoms with Gasteiger partial charge in [0.1, 0.15) is 0 Å². The summed E-state index contributed by atoms with van der Waals surface area (Å²) in [6, 6.07) is 9.06. The number of carbonyl (C=O) groups is 3. The predicted molar refractivity (Wildman–Crippen MR) is 109 cm³/mol. The van der Waals surface area contributed by atoms with Crippen molar-refractivity contribution in [3.8, 4) is 23.0 Å². The molecular weight excluding hydrogens is 392 g/mol. The highest BCUT2D eigenvalue weighted by Crippen LogP contribution is 2.29. The smallest absolute Gasteiger partial charge is 0.504 e. The van der Waals surface area contributed by atoms with Crippen molar-refractivity contribution < 1.29 is 38.8 Å². The first-order valence-electron chi connectivity index (χ1n) is 8.70. The minimum absolute atomic E-state index is 0.0134. The summed E-state index contributed by atoms with van der Waals surface area (Å²) >= 11 is 0. The van der Waals surface area contributed by atoms with E-state index in [-0.39, 0.29) is 35.2 Å². The van der Waals surface area contributed by atoms with E-state index in [0.29, 0.717) is 11.1 Å². The van der Waals surface area contributed by atoms with Gasteiger partial charge in [-0.25, -0.2) is 4.79 Å². The molecule has 0 unspecified atom stereocenters. The Balaban J connectivity index is 1.98. The zero-order valence-electron chi connectivity index (χ0n) is 16.3. The van der Waals surface area contributed by atoms with E-state index in [1.807, 2.05) is 0 Å². The second-order valence-electron chi connectivity index (χ2n) is 5.99. The topological polar surface area (TPSA) is 119 Å². The molecule has 0 aliphatic carbocycles. The summed E-state index contributed by atoms with van der Waals surface area (Å²) in [6.45, 7) is 0. The maximum Gasteiger partial charge on any atom is 0.511 e. The Morgan fingerprint density at radius 3 is 1.90 bits per heavy atom. The number of carboxylic acid groups (broad SMARTS) is 1. The minimum atomic E-state index is -1.47. The number of ether oxygens (including phenoxy) is 3. The number of rotatable bonds is 9. The molecule has 0 saturated heterocycles. The number of phenols is 1. The molecule has 156 valence electrons. The molecule has 8 heteroatoms. The van der Waals surface area contributed by atoms with Crippen LogP contribution in [0.5, 0.6) is 23.0 Å². The second-order valence-corrected chi connectivity index (χ2v) is 5.99. The Kier molecular flexibility index (Phi) is 7.75. The highest BCUT2D eigenvalue weighted by atomic mass is 16.7. The van der Waals surface area contributed by atoms with E-state index in [0.717, 1.165) is 0 Å². The first-order chi connectivity index (χ1) is 14.3. The van der Waals surface area contributed by atoms with Gasteiger partial charge in [0.25, 0.3) is 0 Å². The lowest BCUT2D eigenvalue weighted by molar-refractivity contribution is -0.121. The fourth-order valence-corrected chi connectivity index (χ4v) is 2.43. The van der Waals surface area contributed by atoms with Crippen LogP contribution in [0.4, 0.5) is 4.79 Å². The van der Waals surface area contributed by atoms with E-state index in [1.165, 1.54) is 56.7 Å². The average molecular weight is 412 g/mol. The average Bonchev–Trinajstić information content (AvgIpc) is 2.72. The van der Waals surface area contributed by atoms with Gasteiger partial charge in [0.2, 0.25) is 0 Å². The fraction of sp³-hybridized carbons (Fsp3) is 0.136. The van der Waals surface area contributed by atoms with Crippen LogP contribution in [0.15, 0.2) is 48.6 Å². The van der Waals surface area contributed by atoms with Crippen LogP contribution in [0, 0.1) is 0 Å². The molecule has 0 aromatic heterocycles. The van der Waals surface area contributed by atoms with E-state index in [9.17, 15) is 19.5 Å². The Morgan fingerprint density at radius 2 is 1.37 bits per heavy atom. The molecular formula is C22H20O8. The Labute approximate surface area is 172 Å². The summed E-state index contributed by atoms with van der Waals surface area (Å²) < 4.78 is 14.6. The summed E-state index contributed by atoms with van der Waals surface area (Å²) in [7, 11) is 2.78. The Bertz CT molecular complexity index is 1000. The van der Waals surface area contributed by atoms with Gasteiger partial charge in [-0.05, 0) is 47.5 Å². The number of benzene rings is 2. The van der Waals surface area contributed by atoms with E-state index in [1.54, 1.807) is 18.2 Å². The largest absolute Gasteiger partial charge is 0.511 e. The molecule has 0 heterocycles. The molecule has 30 heavy (non-hydrogen) atoms. The molecule has 8 nitrogen and oxygen atoms in total. The zero-order chi connectivity index (χ0) is 22.1. The summed E-state index contributed by atoms with van der Waals surface area (Å²) in [4.78, 5) is 34.7. The van der Waals surface area contributed by atoms with E-state index in [2.05, 4.69) is 4.74 Å². The lowest BCUT2D eigenvalue weighted by atomic mass is 10.1. The fourth-order valence-electron chi connectivity index (χ4n) is 2.43. The number of hydrogen-bond donors (Lipinski definition) is 2. The van der Waals surface area contributed by atoms with Gasteiger partial charge in [-0.1, -0.05) is 24.3 Å². The van der Waals surface area contributed by atoms with Crippen molar-refractivity contribution in [2.45, 2.75) is 6.42 Å². The van der Waals surface area contributed by atoms with E-state index >= 15 is 0 Å². The van der Waals surface area contributed by atoms with Gasteiger partial charge in [0.15, 0.2) is 34.6 Å². The summed E-state index contributed by atoms with van der Waals surface area (Å²) in [5.74, 6) is -0.313. The highest BCUT2D eigenvalue weighted by molar-refractivity contribution is 6.10. The van der Waals surface area contributed by atoms with Crippen molar-refractivity contribution in [3.05, 3.63) is 59.7 Å². The Morgan fingerprint density at radius 1 is 0.833 bits per heavy atom. The van der Waals surface area contributed by atoms with Gasteiger partial charge in [0, 0.05) is 0 Å². The molecule has 0 bridgehead atoms. The number of aromatic hydroxyl groups is 1. The third-order valence-corrected chi connectivity index (χ3v) is 3.86. The number of phenolic OH excluding ortho intramolecular Hbond substituents is 1. The number of hydrogen-bond acceptors (Lipinski definition) is 7. The van der Waals surface area contributed by atoms with Crippen molar-refractivity contribution in [2.75, 3.05) is 14.2 Å². The van der Waals surface area contributed by atoms with Gasteiger partial charge in [0.05, 0.1) is 20.6 Å². The maximum absolute atomic E-state index is 12.0. The quantitative estimate of drug-likeness (QED) is 0.277. The minimum Gasteiger partial charge on any atom is -0.504 e. The molecule has 0 spiro atoms. The van der Waals surface area contributed by atoms with Crippen LogP contribution >= 0.6 is 0 Å². The van der Waals surface area contributed by atoms with Gasteiger partial charge < -0.3 is 24.4 Å². The van der Waals surface area contributed by atoms with Crippen LogP contribution in [-0.4, -0.2) is 42.2 Å². The van der Waals surface area contributed by atoms with Crippen LogP contribution in [0.25, 0.3) is 12.2 Å². The normalized spacial score (nSPS) is 10.9. The number of allylic oxidation sites excluding steroid dienone is 2. The third-order valence-electron chi connectivity index (χ3n) is 3.86. The Hall–Kier alpha value is -4.07. The first kappa shape index (κ1) is 22.2. The van der Waals surface area contributed by atoms with E-state index < -0.39 is 11.9 Å². The van der Waals surface area contributed by atoms with Gasteiger partial charge in [-0.2, -0.15) is 0 Å². The van der Waals surface area contributed by atoms with Crippen LogP contribution < -0.4 is 14.2 Å². The van der Waals surface area contributed by atoms with Crippen molar-refractivity contribution in [2.24, 2.45) is 0 Å². The van der Waals surface area contributed by atoms with Gasteiger partial charge in [-0.15, -0.1) is 0 Å². The van der Waals surface area contributed by atoms with Crippen molar-refractivity contribution in [1.29, 1.82) is 0 Å². The monoisotopic (exact) mass is 412 g/mol. The lowest BCUT2D eigenvalue weighted by Crippen LogP contribution is -2.04. The highest BCUT2D eigenvalue weighted by Gasteiger charge is 2.09. The molecule has 0 aliphatic heterocycles. The maximum atomic E-state index is 12.0. The number of carbonyl (C=O) groups excluding carboxylic acids is 2. The summed E-state index contributed by atoms with van der Waals surface area (Å²) in [6.07, 6.45) is 3.74. The van der Waals surface area contributed by atoms with Crippen LogP contribution in [0.3, 0.4) is 0 Å². The molecule has 2 rings (SSSR count). The van der Waals surface area contributed by atoms with Gasteiger partial charge >= 0.3 is 6.16 Å². The molecule has 2 aromatic carbocycles. The molecule has 0 fully saturated rings. The van der Waals surface area contributed by atoms with Crippen LogP contribution in [0.1, 0.15) is 17.5 Å². The number of methoxy groups -OCH3 is 2. The summed E-state index contributed by atoms with van der Waals surface area (Å²) in [5, 5.41) is 18.2. The van der Waals surface area contributed by atoms with Crippen molar-refractivity contribution >= 4 is 29.9 Å². The van der Waals surface area contributed by atoms with E-state index in [4.69, 9.17) is 14.6 Å². The second kappa shape index (κ2) is 10.5.